The molecule has 0 aliphatic heterocycles. The van der Waals surface area contributed by atoms with Crippen LogP contribution < -0.4 is 10.9 Å². The van der Waals surface area contributed by atoms with Gasteiger partial charge >= 0.3 is 5.97 Å². The molecule has 0 fully saturated rings. The second kappa shape index (κ2) is 12.5. The molecule has 0 spiro atoms. The van der Waals surface area contributed by atoms with Crippen LogP contribution in [0.2, 0.25) is 23.2 Å². The molecular formula is C27H39ClFN5O4Si. The van der Waals surface area contributed by atoms with Gasteiger partial charge in [0.15, 0.2) is 14.1 Å². The lowest BCUT2D eigenvalue weighted by molar-refractivity contribution is -0.161. The number of pyridine rings is 2. The minimum Gasteiger partial charge on any atom is -0.458 e. The molecule has 0 radical (unpaired) electrons. The molecule has 0 bridgehead atoms. The highest BCUT2D eigenvalue weighted by Crippen LogP contribution is 2.36. The van der Waals surface area contributed by atoms with E-state index in [0.717, 1.165) is 6.07 Å². The lowest BCUT2D eigenvalue weighted by Crippen LogP contribution is -2.44. The van der Waals surface area contributed by atoms with Gasteiger partial charge in [0, 0.05) is 12.4 Å². The summed E-state index contributed by atoms with van der Waals surface area (Å²) in [6.07, 6.45) is 4.07. The number of esters is 1. The van der Waals surface area contributed by atoms with E-state index >= 15 is 0 Å². The van der Waals surface area contributed by atoms with E-state index in [0.29, 0.717) is 23.7 Å². The quantitative estimate of drug-likeness (QED) is 0.211. The van der Waals surface area contributed by atoms with Crippen LogP contribution in [0.25, 0.3) is 11.4 Å². The first-order chi connectivity index (χ1) is 17.5. The zero-order valence-corrected chi connectivity index (χ0v) is 25.7. The summed E-state index contributed by atoms with van der Waals surface area (Å²) in [6, 6.07) is 6.31. The van der Waals surface area contributed by atoms with Crippen LogP contribution in [0.15, 0.2) is 42.9 Å². The van der Waals surface area contributed by atoms with Crippen LogP contribution in [0.4, 0.5) is 4.39 Å². The topological polar surface area (TPSA) is 123 Å². The Morgan fingerprint density at radius 3 is 2.33 bits per heavy atom. The maximum Gasteiger partial charge on any atom is 0.311 e. The van der Waals surface area contributed by atoms with E-state index in [1.54, 1.807) is 23.0 Å². The van der Waals surface area contributed by atoms with Gasteiger partial charge in [0.05, 0.1) is 35.5 Å². The maximum atomic E-state index is 14.0. The molecule has 3 aromatic heterocycles. The largest absolute Gasteiger partial charge is 0.458 e. The van der Waals surface area contributed by atoms with Crippen LogP contribution in [0.5, 0.6) is 11.6 Å². The first-order valence-corrected chi connectivity index (χ1v) is 15.7. The van der Waals surface area contributed by atoms with E-state index in [9.17, 15) is 9.18 Å². The lowest BCUT2D eigenvalue weighted by Gasteiger charge is -2.37. The molecule has 0 aliphatic rings. The number of hydrogen-bond donors (Lipinski definition) is 1. The minimum absolute atomic E-state index is 0. The Hall–Kier alpha value is -2.86. The molecule has 3 heterocycles. The average molecular weight is 580 g/mol. The van der Waals surface area contributed by atoms with Gasteiger partial charge in [-0.1, -0.05) is 32.4 Å². The molecule has 1 unspecified atom stereocenters. The highest BCUT2D eigenvalue weighted by molar-refractivity contribution is 6.74. The van der Waals surface area contributed by atoms with Crippen molar-refractivity contribution in [3.05, 3.63) is 53.7 Å². The van der Waals surface area contributed by atoms with Gasteiger partial charge in [-0.3, -0.25) is 14.5 Å². The summed E-state index contributed by atoms with van der Waals surface area (Å²) in [5.41, 5.74) is 0.586. The molecule has 0 saturated carbocycles. The van der Waals surface area contributed by atoms with Crippen LogP contribution in [0.1, 0.15) is 41.5 Å². The standard InChI is InChI=1S/C27H36ClFN4O4Si.H3N/c1-26(2,3)25(34)37-20(17-35-38(7,8)27(4,5)6)16-33-12-11-23(32-33)22-10-9-19(15-30-22)36-24-21(29)13-18(28)14-31-24;/h9-15,20H,16-17H2,1-8H3;1H3. The molecule has 3 rings (SSSR count). The lowest BCUT2D eigenvalue weighted by atomic mass is 9.97. The van der Waals surface area contributed by atoms with Gasteiger partial charge in [-0.15, -0.1) is 0 Å². The molecule has 12 heteroatoms. The molecule has 1 atom stereocenters. The smallest absolute Gasteiger partial charge is 0.311 e. The molecule has 0 amide bonds. The normalized spacial score (nSPS) is 13.0. The Kier molecular flexibility index (Phi) is 10.4. The third kappa shape index (κ3) is 8.82. The minimum atomic E-state index is -2.05. The fourth-order valence-electron chi connectivity index (χ4n) is 2.96. The number of ether oxygens (including phenoxy) is 2. The van der Waals surface area contributed by atoms with Crippen molar-refractivity contribution in [2.24, 2.45) is 5.41 Å². The van der Waals surface area contributed by atoms with E-state index in [-0.39, 0.29) is 34.7 Å². The molecule has 3 aromatic rings. The molecule has 0 saturated heterocycles. The summed E-state index contributed by atoms with van der Waals surface area (Å²) >= 11 is 5.73. The fourth-order valence-corrected chi connectivity index (χ4v) is 4.14. The van der Waals surface area contributed by atoms with Crippen molar-refractivity contribution in [3.8, 4) is 23.0 Å². The van der Waals surface area contributed by atoms with Crippen molar-refractivity contribution in [2.75, 3.05) is 6.61 Å². The molecular weight excluding hydrogens is 541 g/mol. The molecule has 0 aliphatic carbocycles. The van der Waals surface area contributed by atoms with Crippen molar-refractivity contribution in [1.82, 2.24) is 25.9 Å². The fraction of sp³-hybridized carbons (Fsp3) is 0.481. The summed E-state index contributed by atoms with van der Waals surface area (Å²) in [5, 5.41) is 4.82. The highest BCUT2D eigenvalue weighted by Gasteiger charge is 2.38. The van der Waals surface area contributed by atoms with Crippen LogP contribution in [-0.2, 0) is 20.5 Å². The number of rotatable bonds is 9. The van der Waals surface area contributed by atoms with Gasteiger partial charge in [0.1, 0.15) is 17.5 Å². The van der Waals surface area contributed by atoms with Gasteiger partial charge < -0.3 is 20.1 Å². The third-order valence-electron chi connectivity index (χ3n) is 6.34. The molecule has 0 aromatic carbocycles. The van der Waals surface area contributed by atoms with E-state index in [4.69, 9.17) is 25.5 Å². The SMILES string of the molecule is CC(C)(C)C(=O)OC(CO[Si](C)(C)C(C)(C)C)Cn1ccc(-c2ccc(Oc3ncc(Cl)cc3F)cn2)n1.N. The number of hydrogen-bond acceptors (Lipinski definition) is 8. The molecule has 9 nitrogen and oxygen atoms in total. The zero-order valence-electron chi connectivity index (χ0n) is 23.9. The van der Waals surface area contributed by atoms with Gasteiger partial charge in [0.25, 0.3) is 5.88 Å². The monoisotopic (exact) mass is 579 g/mol. The Morgan fingerprint density at radius 1 is 1.08 bits per heavy atom. The van der Waals surface area contributed by atoms with Crippen LogP contribution in [0, 0.1) is 11.2 Å². The Balaban J connectivity index is 0.00000533. The van der Waals surface area contributed by atoms with Crippen molar-refractivity contribution in [2.45, 2.75) is 72.3 Å². The van der Waals surface area contributed by atoms with Crippen LogP contribution in [0.3, 0.4) is 0 Å². The number of nitrogens with zero attached hydrogens (tertiary/aromatic N) is 4. The average Bonchev–Trinajstić information content (AvgIpc) is 3.27. The van der Waals surface area contributed by atoms with Crippen molar-refractivity contribution >= 4 is 25.9 Å². The van der Waals surface area contributed by atoms with E-state index in [2.05, 4.69) is 48.9 Å². The Bertz CT molecular complexity index is 1260. The summed E-state index contributed by atoms with van der Waals surface area (Å²) in [7, 11) is -2.05. The molecule has 3 N–H and O–H groups in total. The van der Waals surface area contributed by atoms with E-state index in [1.807, 2.05) is 26.8 Å². The number of carbonyl (C=O) groups excluding carboxylic acids is 1. The molecule has 214 valence electrons. The first kappa shape index (κ1) is 32.3. The second-order valence-electron chi connectivity index (χ2n) is 11.7. The number of carbonyl (C=O) groups is 1. The number of halogens is 2. The van der Waals surface area contributed by atoms with Gasteiger partial charge in [0.2, 0.25) is 0 Å². The Labute approximate surface area is 235 Å². The van der Waals surface area contributed by atoms with Crippen LogP contribution >= 0.6 is 11.6 Å². The molecule has 39 heavy (non-hydrogen) atoms. The van der Waals surface area contributed by atoms with Gasteiger partial charge in [-0.2, -0.15) is 5.10 Å². The van der Waals surface area contributed by atoms with Gasteiger partial charge in [-0.05, 0) is 63.2 Å². The van der Waals surface area contributed by atoms with Crippen LogP contribution in [-0.4, -0.2) is 46.7 Å². The third-order valence-corrected chi connectivity index (χ3v) is 11.0. The predicted octanol–water partition coefficient (Wildman–Crippen LogP) is 7.07. The summed E-state index contributed by atoms with van der Waals surface area (Å²) in [4.78, 5) is 20.9. The first-order valence-electron chi connectivity index (χ1n) is 12.4. The van der Waals surface area contributed by atoms with Crippen molar-refractivity contribution in [3.63, 3.8) is 0 Å². The van der Waals surface area contributed by atoms with Gasteiger partial charge in [-0.25, -0.2) is 9.37 Å². The number of aromatic nitrogens is 4. The van der Waals surface area contributed by atoms with E-state index < -0.39 is 25.7 Å². The summed E-state index contributed by atoms with van der Waals surface area (Å²) < 4.78 is 33.4. The van der Waals surface area contributed by atoms with Crippen molar-refractivity contribution in [1.29, 1.82) is 0 Å². The predicted molar refractivity (Wildman–Crippen MR) is 152 cm³/mol. The summed E-state index contributed by atoms with van der Waals surface area (Å²) in [5.74, 6) is -0.833. The second-order valence-corrected chi connectivity index (χ2v) is 16.9. The van der Waals surface area contributed by atoms with E-state index in [1.165, 1.54) is 12.4 Å². The Morgan fingerprint density at radius 2 is 1.77 bits per heavy atom. The summed E-state index contributed by atoms with van der Waals surface area (Å²) in [6.45, 7) is 16.9. The van der Waals surface area contributed by atoms with Crippen molar-refractivity contribution < 1.29 is 23.1 Å². The highest BCUT2D eigenvalue weighted by atomic mass is 35.5. The maximum absolute atomic E-state index is 14.0. The zero-order chi connectivity index (χ0) is 28.3.